The lowest BCUT2D eigenvalue weighted by molar-refractivity contribution is 0.123. The molecule has 2 aliphatic rings. The van der Waals surface area contributed by atoms with Crippen LogP contribution in [0.25, 0.3) is 0 Å². The fraction of sp³-hybridized carbons (Fsp3) is 0.667. The molecule has 144 valence electrons. The van der Waals surface area contributed by atoms with Crippen LogP contribution in [-0.2, 0) is 11.3 Å². The molecule has 1 saturated carbocycles. The third-order valence-electron chi connectivity index (χ3n) is 5.26. The van der Waals surface area contributed by atoms with Crippen molar-refractivity contribution in [1.29, 1.82) is 0 Å². The van der Waals surface area contributed by atoms with E-state index in [4.69, 9.17) is 4.74 Å². The molecule has 0 radical (unpaired) electrons. The maximum Gasteiger partial charge on any atom is 0.191 e. The van der Waals surface area contributed by atoms with Crippen LogP contribution in [0.3, 0.4) is 0 Å². The highest BCUT2D eigenvalue weighted by Gasteiger charge is 2.24. The molecule has 26 heavy (non-hydrogen) atoms. The Morgan fingerprint density at radius 1 is 1.19 bits per heavy atom. The summed E-state index contributed by atoms with van der Waals surface area (Å²) in [4.78, 5) is 6.93. The molecule has 3 rings (SSSR count). The topological polar surface area (TPSA) is 48.9 Å². The van der Waals surface area contributed by atoms with Gasteiger partial charge in [-0.2, -0.15) is 0 Å². The summed E-state index contributed by atoms with van der Waals surface area (Å²) < 4.78 is 5.68. The van der Waals surface area contributed by atoms with Crippen molar-refractivity contribution >= 4 is 5.96 Å². The number of benzene rings is 1. The number of ether oxygens (including phenoxy) is 1. The van der Waals surface area contributed by atoms with Crippen molar-refractivity contribution in [2.24, 2.45) is 10.9 Å². The van der Waals surface area contributed by atoms with Gasteiger partial charge in [-0.15, -0.1) is 0 Å². The highest BCUT2D eigenvalue weighted by Crippen LogP contribution is 2.28. The lowest BCUT2D eigenvalue weighted by Crippen LogP contribution is -2.45. The first-order chi connectivity index (χ1) is 12.8. The van der Waals surface area contributed by atoms with Gasteiger partial charge >= 0.3 is 0 Å². The summed E-state index contributed by atoms with van der Waals surface area (Å²) in [5.74, 6) is 1.75. The fourth-order valence-corrected chi connectivity index (χ4v) is 3.50. The maximum absolute atomic E-state index is 5.68. The SMILES string of the molecule is CN=C(NCCCOCC1CC1)NCC1CCCN1Cc1ccccc1. The van der Waals surface area contributed by atoms with Gasteiger partial charge in [0.2, 0.25) is 0 Å². The van der Waals surface area contributed by atoms with Gasteiger partial charge in [0.15, 0.2) is 5.96 Å². The molecule has 1 aliphatic carbocycles. The van der Waals surface area contributed by atoms with Gasteiger partial charge in [-0.1, -0.05) is 30.3 Å². The van der Waals surface area contributed by atoms with E-state index < -0.39 is 0 Å². The second kappa shape index (κ2) is 10.5. The van der Waals surface area contributed by atoms with E-state index in [-0.39, 0.29) is 0 Å². The smallest absolute Gasteiger partial charge is 0.191 e. The molecular weight excluding hydrogens is 324 g/mol. The molecule has 1 atom stereocenters. The van der Waals surface area contributed by atoms with Gasteiger partial charge in [-0.3, -0.25) is 9.89 Å². The van der Waals surface area contributed by atoms with Gasteiger partial charge in [-0.25, -0.2) is 0 Å². The molecule has 2 N–H and O–H groups in total. The first-order valence-electron chi connectivity index (χ1n) is 10.2. The number of nitrogens with one attached hydrogen (secondary N) is 2. The Morgan fingerprint density at radius 2 is 2.04 bits per heavy atom. The number of hydrogen-bond donors (Lipinski definition) is 2. The van der Waals surface area contributed by atoms with Crippen molar-refractivity contribution in [2.45, 2.75) is 44.7 Å². The van der Waals surface area contributed by atoms with Crippen LogP contribution in [0.1, 0.15) is 37.7 Å². The predicted octanol–water partition coefficient (Wildman–Crippen LogP) is 2.63. The average Bonchev–Trinajstić information content (AvgIpc) is 3.40. The largest absolute Gasteiger partial charge is 0.381 e. The number of rotatable bonds is 10. The zero-order chi connectivity index (χ0) is 18.0. The first-order valence-corrected chi connectivity index (χ1v) is 10.2. The first kappa shape index (κ1) is 19.2. The lowest BCUT2D eigenvalue weighted by atomic mass is 10.2. The number of hydrogen-bond acceptors (Lipinski definition) is 3. The number of guanidine groups is 1. The van der Waals surface area contributed by atoms with E-state index >= 15 is 0 Å². The second-order valence-electron chi connectivity index (χ2n) is 7.50. The maximum atomic E-state index is 5.68. The average molecular weight is 359 g/mol. The molecule has 0 aromatic heterocycles. The van der Waals surface area contributed by atoms with Gasteiger partial charge in [0, 0.05) is 45.9 Å². The summed E-state index contributed by atoms with van der Waals surface area (Å²) in [5, 5.41) is 6.90. The minimum Gasteiger partial charge on any atom is -0.381 e. The molecule has 1 aliphatic heterocycles. The Labute approximate surface area is 158 Å². The zero-order valence-electron chi connectivity index (χ0n) is 16.1. The van der Waals surface area contributed by atoms with E-state index in [1.807, 2.05) is 7.05 Å². The quantitative estimate of drug-likeness (QED) is 0.383. The van der Waals surface area contributed by atoms with Crippen LogP contribution in [0.5, 0.6) is 0 Å². The molecule has 5 nitrogen and oxygen atoms in total. The molecule has 0 bridgehead atoms. The molecule has 1 aromatic carbocycles. The van der Waals surface area contributed by atoms with E-state index in [1.54, 1.807) is 0 Å². The monoisotopic (exact) mass is 358 g/mol. The van der Waals surface area contributed by atoms with Gasteiger partial charge in [-0.05, 0) is 50.1 Å². The van der Waals surface area contributed by atoms with Crippen LogP contribution in [0.2, 0.25) is 0 Å². The summed E-state index contributed by atoms with van der Waals surface area (Å²) in [7, 11) is 1.84. The van der Waals surface area contributed by atoms with Gasteiger partial charge in [0.05, 0.1) is 0 Å². The molecule has 1 heterocycles. The third kappa shape index (κ3) is 6.61. The summed E-state index contributed by atoms with van der Waals surface area (Å²) in [5.41, 5.74) is 1.40. The Hall–Kier alpha value is -1.59. The number of likely N-dealkylation sites (tertiary alicyclic amines) is 1. The van der Waals surface area contributed by atoms with Crippen LogP contribution in [0, 0.1) is 5.92 Å². The molecule has 0 spiro atoms. The summed E-state index contributed by atoms with van der Waals surface area (Å²) in [6.07, 6.45) is 6.28. The van der Waals surface area contributed by atoms with E-state index in [0.29, 0.717) is 6.04 Å². The van der Waals surface area contributed by atoms with Crippen LogP contribution >= 0.6 is 0 Å². The van der Waals surface area contributed by atoms with Crippen LogP contribution in [0.15, 0.2) is 35.3 Å². The van der Waals surface area contributed by atoms with Crippen molar-refractivity contribution in [1.82, 2.24) is 15.5 Å². The Bertz CT molecular complexity index is 544. The van der Waals surface area contributed by atoms with Crippen molar-refractivity contribution in [3.8, 4) is 0 Å². The Kier molecular flexibility index (Phi) is 7.77. The molecule has 1 aromatic rings. The van der Waals surface area contributed by atoms with Gasteiger partial charge < -0.3 is 15.4 Å². The van der Waals surface area contributed by atoms with Crippen molar-refractivity contribution in [3.63, 3.8) is 0 Å². The van der Waals surface area contributed by atoms with Crippen molar-refractivity contribution in [3.05, 3.63) is 35.9 Å². The van der Waals surface area contributed by atoms with E-state index in [0.717, 1.165) is 51.1 Å². The molecule has 2 fully saturated rings. The van der Waals surface area contributed by atoms with E-state index in [1.165, 1.54) is 37.8 Å². The second-order valence-corrected chi connectivity index (χ2v) is 7.50. The standard InChI is InChI=1S/C21H34N4O/c1-22-21(23-12-6-14-26-17-19-10-11-19)24-15-20-9-5-13-25(20)16-18-7-3-2-4-8-18/h2-4,7-8,19-20H,5-6,9-17H2,1H3,(H2,22,23,24). The normalized spacial score (nSPS) is 21.1. The fourth-order valence-electron chi connectivity index (χ4n) is 3.50. The van der Waals surface area contributed by atoms with Gasteiger partial charge in [0.1, 0.15) is 0 Å². The van der Waals surface area contributed by atoms with Crippen molar-refractivity contribution < 1.29 is 4.74 Å². The van der Waals surface area contributed by atoms with Crippen LogP contribution < -0.4 is 10.6 Å². The molecule has 1 saturated heterocycles. The van der Waals surface area contributed by atoms with E-state index in [2.05, 4.69) is 50.9 Å². The number of aliphatic imine (C=N–C) groups is 1. The minimum absolute atomic E-state index is 0.579. The molecule has 5 heteroatoms. The minimum atomic E-state index is 0.579. The highest BCUT2D eigenvalue weighted by molar-refractivity contribution is 5.79. The van der Waals surface area contributed by atoms with Gasteiger partial charge in [0.25, 0.3) is 0 Å². The third-order valence-corrected chi connectivity index (χ3v) is 5.26. The molecule has 1 unspecified atom stereocenters. The Balaban J connectivity index is 1.31. The van der Waals surface area contributed by atoms with Crippen LogP contribution in [0.4, 0.5) is 0 Å². The molecular formula is C21H34N4O. The zero-order valence-corrected chi connectivity index (χ0v) is 16.1. The predicted molar refractivity (Wildman–Crippen MR) is 107 cm³/mol. The van der Waals surface area contributed by atoms with Crippen molar-refractivity contribution in [2.75, 3.05) is 39.9 Å². The lowest BCUT2D eigenvalue weighted by Gasteiger charge is -2.25. The summed E-state index contributed by atoms with van der Waals surface area (Å²) in [6, 6.07) is 11.3. The Morgan fingerprint density at radius 3 is 2.81 bits per heavy atom. The summed E-state index contributed by atoms with van der Waals surface area (Å²) >= 11 is 0. The highest BCUT2D eigenvalue weighted by atomic mass is 16.5. The van der Waals surface area contributed by atoms with E-state index in [9.17, 15) is 0 Å². The van der Waals surface area contributed by atoms with Crippen LogP contribution in [-0.4, -0.2) is 56.8 Å². The summed E-state index contributed by atoms with van der Waals surface area (Å²) in [6.45, 7) is 5.87. The number of nitrogens with zero attached hydrogens (tertiary/aromatic N) is 2. The molecule has 0 amide bonds.